The maximum Gasteiger partial charge on any atom is 0.244 e. The molecule has 1 atom stereocenters. The van der Waals surface area contributed by atoms with Crippen molar-refractivity contribution in [1.82, 2.24) is 9.97 Å². The van der Waals surface area contributed by atoms with Crippen molar-refractivity contribution in [3.8, 4) is 11.3 Å². The molecule has 0 aliphatic carbocycles. The molecule has 3 aromatic carbocycles. The number of hydrogen-bond acceptors (Lipinski definition) is 6. The van der Waals surface area contributed by atoms with E-state index < -0.39 is 5.25 Å². The summed E-state index contributed by atoms with van der Waals surface area (Å²) in [6.45, 7) is 2.24. The van der Waals surface area contributed by atoms with Crippen LogP contribution in [0.5, 0.6) is 0 Å². The molecule has 0 saturated carbocycles. The van der Waals surface area contributed by atoms with Crippen LogP contribution in [0.15, 0.2) is 88.6 Å². The molecule has 37 heavy (non-hydrogen) atoms. The Morgan fingerprint density at radius 1 is 0.919 bits per heavy atom. The molecule has 2 heterocycles. The molecule has 7 heteroatoms. The number of fused-ring (bicyclic) bond motifs is 1. The predicted molar refractivity (Wildman–Crippen MR) is 159 cm³/mol. The number of carbonyl (C=O) groups is 1. The molecule has 1 N–H and O–H groups in total. The SMILES string of the molecule is CCCCCCc1ccc(-c2csc(NC(=O)[C@@H](Sc3nc4ccccc4s3)c3ccccc3)n2)cc1. The molecular weight excluding hydrogens is 515 g/mol. The van der Waals surface area contributed by atoms with Gasteiger partial charge in [-0.2, -0.15) is 0 Å². The molecule has 4 nitrogen and oxygen atoms in total. The number of thioether (sulfide) groups is 1. The van der Waals surface area contributed by atoms with E-state index in [1.165, 1.54) is 54.3 Å². The lowest BCUT2D eigenvalue weighted by molar-refractivity contribution is -0.115. The number of amides is 1. The first-order chi connectivity index (χ1) is 18.2. The number of anilines is 1. The van der Waals surface area contributed by atoms with Crippen molar-refractivity contribution in [2.45, 2.75) is 48.6 Å². The number of thiazole rings is 2. The molecule has 0 bridgehead atoms. The maximum atomic E-state index is 13.5. The van der Waals surface area contributed by atoms with E-state index >= 15 is 0 Å². The fourth-order valence-electron chi connectivity index (χ4n) is 4.14. The van der Waals surface area contributed by atoms with Crippen molar-refractivity contribution in [2.75, 3.05) is 5.32 Å². The zero-order chi connectivity index (χ0) is 25.5. The van der Waals surface area contributed by atoms with Crippen LogP contribution in [0.25, 0.3) is 21.5 Å². The van der Waals surface area contributed by atoms with Gasteiger partial charge >= 0.3 is 0 Å². The van der Waals surface area contributed by atoms with Crippen LogP contribution in [-0.2, 0) is 11.2 Å². The summed E-state index contributed by atoms with van der Waals surface area (Å²) in [5.74, 6) is -0.0983. The summed E-state index contributed by atoms with van der Waals surface area (Å²) in [5.41, 5.74) is 5.21. The highest BCUT2D eigenvalue weighted by molar-refractivity contribution is 8.02. The van der Waals surface area contributed by atoms with Crippen molar-refractivity contribution >= 4 is 55.7 Å². The smallest absolute Gasteiger partial charge is 0.244 e. The lowest BCUT2D eigenvalue weighted by atomic mass is 10.0. The van der Waals surface area contributed by atoms with Gasteiger partial charge in [-0.25, -0.2) is 9.97 Å². The minimum atomic E-state index is -0.430. The van der Waals surface area contributed by atoms with Crippen LogP contribution in [0.2, 0.25) is 0 Å². The molecule has 0 fully saturated rings. The van der Waals surface area contributed by atoms with Crippen LogP contribution in [0, 0.1) is 0 Å². The number of para-hydroxylation sites is 1. The van der Waals surface area contributed by atoms with E-state index in [2.05, 4.69) is 42.6 Å². The van der Waals surface area contributed by atoms with E-state index in [9.17, 15) is 4.79 Å². The van der Waals surface area contributed by atoms with Gasteiger partial charge in [0, 0.05) is 10.9 Å². The van der Waals surface area contributed by atoms with Gasteiger partial charge < -0.3 is 5.32 Å². The fraction of sp³-hybridized carbons (Fsp3) is 0.233. The van der Waals surface area contributed by atoms with Gasteiger partial charge in [-0.1, -0.05) is 105 Å². The summed E-state index contributed by atoms with van der Waals surface area (Å²) in [6.07, 6.45) is 6.20. The zero-order valence-corrected chi connectivity index (χ0v) is 23.2. The second-order valence-corrected chi connectivity index (χ2v) is 12.1. The van der Waals surface area contributed by atoms with Gasteiger partial charge in [-0.15, -0.1) is 22.7 Å². The van der Waals surface area contributed by atoms with E-state index in [1.807, 2.05) is 53.9 Å². The number of unbranched alkanes of at least 4 members (excludes halogenated alkanes) is 3. The Hall–Kier alpha value is -3.00. The first-order valence-electron chi connectivity index (χ1n) is 12.6. The van der Waals surface area contributed by atoms with Crippen LogP contribution in [0.4, 0.5) is 5.13 Å². The number of rotatable bonds is 11. The second kappa shape index (κ2) is 12.5. The van der Waals surface area contributed by atoms with E-state index in [1.54, 1.807) is 11.3 Å². The normalized spacial score (nSPS) is 12.0. The molecular formula is C30H29N3OS3. The summed E-state index contributed by atoms with van der Waals surface area (Å²) >= 11 is 4.55. The average molecular weight is 544 g/mol. The molecule has 5 aromatic rings. The average Bonchev–Trinajstić information content (AvgIpc) is 3.57. The summed E-state index contributed by atoms with van der Waals surface area (Å²) in [5, 5.41) is 5.24. The Morgan fingerprint density at radius 3 is 2.49 bits per heavy atom. The van der Waals surface area contributed by atoms with E-state index in [-0.39, 0.29) is 5.91 Å². The number of aryl methyl sites for hydroxylation is 1. The lowest BCUT2D eigenvalue weighted by Gasteiger charge is -2.14. The van der Waals surface area contributed by atoms with Gasteiger partial charge in [-0.05, 0) is 36.1 Å². The quantitative estimate of drug-likeness (QED) is 0.133. The monoisotopic (exact) mass is 543 g/mol. The van der Waals surface area contributed by atoms with Gasteiger partial charge in [-0.3, -0.25) is 4.79 Å². The summed E-state index contributed by atoms with van der Waals surface area (Å²) in [6, 6.07) is 26.6. The molecule has 0 saturated heterocycles. The molecule has 0 aliphatic rings. The van der Waals surface area contributed by atoms with Crippen LogP contribution in [-0.4, -0.2) is 15.9 Å². The first-order valence-corrected chi connectivity index (χ1v) is 15.2. The van der Waals surface area contributed by atoms with Crippen LogP contribution in [0.1, 0.15) is 49.0 Å². The van der Waals surface area contributed by atoms with Crippen molar-refractivity contribution in [1.29, 1.82) is 0 Å². The van der Waals surface area contributed by atoms with Gasteiger partial charge in [0.15, 0.2) is 9.47 Å². The second-order valence-electron chi connectivity index (χ2n) is 8.89. The molecule has 0 radical (unpaired) electrons. The molecule has 5 rings (SSSR count). The van der Waals surface area contributed by atoms with Crippen LogP contribution in [0.3, 0.4) is 0 Å². The minimum Gasteiger partial charge on any atom is -0.301 e. The van der Waals surface area contributed by atoms with Gasteiger partial charge in [0.25, 0.3) is 0 Å². The minimum absolute atomic E-state index is 0.0983. The molecule has 2 aromatic heterocycles. The standard InChI is InChI=1S/C30H29N3OS3/c1-2-3-4-6-11-21-16-18-22(19-17-21)25-20-35-29(31-25)33-28(34)27(23-12-7-5-8-13-23)37-30-32-24-14-9-10-15-26(24)36-30/h5,7-10,12-20,27H,2-4,6,11H2,1H3,(H,31,33,34)/t27-/m0/s1. The van der Waals surface area contributed by atoms with Crippen LogP contribution >= 0.6 is 34.4 Å². The Bertz CT molecular complexity index is 1410. The molecule has 1 amide bonds. The molecule has 188 valence electrons. The maximum absolute atomic E-state index is 13.5. The summed E-state index contributed by atoms with van der Waals surface area (Å²) in [7, 11) is 0. The third-order valence-electron chi connectivity index (χ3n) is 6.14. The highest BCUT2D eigenvalue weighted by atomic mass is 32.2. The largest absolute Gasteiger partial charge is 0.301 e. The van der Waals surface area contributed by atoms with Crippen molar-refractivity contribution in [3.63, 3.8) is 0 Å². The number of nitrogens with one attached hydrogen (secondary N) is 1. The van der Waals surface area contributed by atoms with Crippen molar-refractivity contribution in [2.24, 2.45) is 0 Å². The van der Waals surface area contributed by atoms with Gasteiger partial charge in [0.1, 0.15) is 5.25 Å². The molecule has 0 aliphatic heterocycles. The lowest BCUT2D eigenvalue weighted by Crippen LogP contribution is -2.18. The van der Waals surface area contributed by atoms with Crippen LogP contribution < -0.4 is 5.32 Å². The number of aromatic nitrogens is 2. The number of hydrogen-bond donors (Lipinski definition) is 1. The first kappa shape index (κ1) is 25.6. The number of carbonyl (C=O) groups excluding carboxylic acids is 1. The van der Waals surface area contributed by atoms with Gasteiger partial charge in [0.05, 0.1) is 15.9 Å². The highest BCUT2D eigenvalue weighted by Gasteiger charge is 2.25. The molecule has 0 spiro atoms. The Kier molecular flexibility index (Phi) is 8.66. The molecule has 0 unspecified atom stereocenters. The Morgan fingerprint density at radius 2 is 1.70 bits per heavy atom. The predicted octanol–water partition coefficient (Wildman–Crippen LogP) is 9.01. The third kappa shape index (κ3) is 6.66. The van der Waals surface area contributed by atoms with E-state index in [0.717, 1.165) is 37.8 Å². The van der Waals surface area contributed by atoms with E-state index in [4.69, 9.17) is 9.97 Å². The topological polar surface area (TPSA) is 54.9 Å². The third-order valence-corrected chi connectivity index (χ3v) is 9.28. The number of nitrogens with zero attached hydrogens (tertiary/aromatic N) is 2. The Labute approximate surface area is 230 Å². The van der Waals surface area contributed by atoms with E-state index in [0.29, 0.717) is 5.13 Å². The number of benzene rings is 3. The summed E-state index contributed by atoms with van der Waals surface area (Å²) in [4.78, 5) is 22.9. The van der Waals surface area contributed by atoms with Gasteiger partial charge in [0.2, 0.25) is 5.91 Å². The highest BCUT2D eigenvalue weighted by Crippen LogP contribution is 2.40. The van der Waals surface area contributed by atoms with Crippen molar-refractivity contribution in [3.05, 3.63) is 95.4 Å². The van der Waals surface area contributed by atoms with Crippen molar-refractivity contribution < 1.29 is 4.79 Å². The Balaban J connectivity index is 1.28. The zero-order valence-electron chi connectivity index (χ0n) is 20.7. The summed E-state index contributed by atoms with van der Waals surface area (Å²) < 4.78 is 1.99. The fourth-order valence-corrected chi connectivity index (χ4v) is 7.12.